The number of aromatic amines is 1. The largest absolute Gasteiger partial charge is 0.495 e. The maximum absolute atomic E-state index is 13.0. The molecule has 3 heterocycles. The Kier molecular flexibility index (Phi) is 3.93. The van der Waals surface area contributed by atoms with Crippen molar-refractivity contribution in [2.24, 2.45) is 0 Å². The van der Waals surface area contributed by atoms with Crippen LogP contribution in [0.5, 0.6) is 5.75 Å². The lowest BCUT2D eigenvalue weighted by molar-refractivity contribution is 0.206. The van der Waals surface area contributed by atoms with Crippen molar-refractivity contribution in [3.8, 4) is 5.75 Å². The number of methoxy groups -OCH3 is 1. The number of urea groups is 1. The number of nitrogens with zero attached hydrogens (tertiary/aromatic N) is 2. The maximum atomic E-state index is 13.0. The number of rotatable bonds is 3. The van der Waals surface area contributed by atoms with E-state index in [0.717, 1.165) is 34.9 Å². The van der Waals surface area contributed by atoms with Crippen LogP contribution in [0.25, 0.3) is 21.9 Å². The average molecular weight is 376 g/mol. The molecule has 2 aromatic heterocycles. The number of nitrogens with one attached hydrogen (secondary N) is 2. The lowest BCUT2D eigenvalue weighted by atomic mass is 10.1. The zero-order valence-electron chi connectivity index (χ0n) is 15.4. The van der Waals surface area contributed by atoms with Gasteiger partial charge in [0.15, 0.2) is 0 Å². The summed E-state index contributed by atoms with van der Waals surface area (Å²) < 4.78 is 11.5. The van der Waals surface area contributed by atoms with Gasteiger partial charge in [0.2, 0.25) is 0 Å². The number of fused-ring (bicyclic) bond motifs is 3. The van der Waals surface area contributed by atoms with Gasteiger partial charge < -0.3 is 19.4 Å². The molecule has 0 radical (unpaired) electrons. The van der Waals surface area contributed by atoms with Crippen molar-refractivity contribution in [2.75, 3.05) is 19.0 Å². The molecule has 1 aliphatic rings. The van der Waals surface area contributed by atoms with Gasteiger partial charge in [-0.3, -0.25) is 5.10 Å². The number of ether oxygens (including phenoxy) is 1. The van der Waals surface area contributed by atoms with Gasteiger partial charge in [-0.25, -0.2) is 4.79 Å². The van der Waals surface area contributed by atoms with Crippen molar-refractivity contribution in [3.05, 3.63) is 54.4 Å². The Hall–Kier alpha value is -3.48. The highest BCUT2D eigenvalue weighted by Gasteiger charge is 2.31. The third kappa shape index (κ3) is 2.67. The number of aromatic nitrogens is 2. The van der Waals surface area contributed by atoms with Crippen LogP contribution in [0.3, 0.4) is 0 Å². The van der Waals surface area contributed by atoms with Gasteiger partial charge in [-0.15, -0.1) is 0 Å². The van der Waals surface area contributed by atoms with Crippen molar-refractivity contribution in [3.63, 3.8) is 0 Å². The first-order chi connectivity index (χ1) is 13.7. The van der Waals surface area contributed by atoms with Crippen LogP contribution in [-0.4, -0.2) is 34.8 Å². The quantitative estimate of drug-likeness (QED) is 0.543. The van der Waals surface area contributed by atoms with Crippen molar-refractivity contribution in [1.82, 2.24) is 15.1 Å². The smallest absolute Gasteiger partial charge is 0.322 e. The van der Waals surface area contributed by atoms with Gasteiger partial charge in [-0.05, 0) is 31.0 Å². The molecule has 142 valence electrons. The Bertz CT molecular complexity index is 1150. The van der Waals surface area contributed by atoms with E-state index in [4.69, 9.17) is 9.15 Å². The Morgan fingerprint density at radius 1 is 1.25 bits per heavy atom. The second kappa shape index (κ2) is 6.60. The fourth-order valence-electron chi connectivity index (χ4n) is 3.99. The summed E-state index contributed by atoms with van der Waals surface area (Å²) in [5.74, 6) is 0.602. The van der Waals surface area contributed by atoms with E-state index in [-0.39, 0.29) is 12.1 Å². The first-order valence-electron chi connectivity index (χ1n) is 9.31. The van der Waals surface area contributed by atoms with Gasteiger partial charge >= 0.3 is 6.03 Å². The predicted molar refractivity (Wildman–Crippen MR) is 107 cm³/mol. The number of hydrogen-bond donors (Lipinski definition) is 2. The number of furan rings is 1. The number of hydrogen-bond acceptors (Lipinski definition) is 4. The molecule has 1 fully saturated rings. The number of carbonyl (C=O) groups is 1. The minimum absolute atomic E-state index is 0.00317. The summed E-state index contributed by atoms with van der Waals surface area (Å²) in [5.41, 5.74) is 3.06. The molecule has 1 aliphatic heterocycles. The first kappa shape index (κ1) is 16.7. The zero-order valence-corrected chi connectivity index (χ0v) is 15.4. The Balaban J connectivity index is 1.48. The highest BCUT2D eigenvalue weighted by Crippen LogP contribution is 2.37. The third-order valence-electron chi connectivity index (χ3n) is 5.34. The van der Waals surface area contributed by atoms with Gasteiger partial charge in [0.25, 0.3) is 0 Å². The van der Waals surface area contributed by atoms with E-state index in [1.54, 1.807) is 13.3 Å². The Labute approximate surface area is 161 Å². The highest BCUT2D eigenvalue weighted by molar-refractivity contribution is 6.07. The molecule has 2 amide bonds. The van der Waals surface area contributed by atoms with E-state index >= 15 is 0 Å². The van der Waals surface area contributed by atoms with E-state index in [0.29, 0.717) is 23.6 Å². The van der Waals surface area contributed by atoms with Crippen molar-refractivity contribution < 1.29 is 13.9 Å². The molecule has 0 bridgehead atoms. The molecular weight excluding hydrogens is 356 g/mol. The van der Waals surface area contributed by atoms with Crippen molar-refractivity contribution in [1.29, 1.82) is 0 Å². The third-order valence-corrected chi connectivity index (χ3v) is 5.34. The van der Waals surface area contributed by atoms with Crippen molar-refractivity contribution >= 4 is 33.7 Å². The molecule has 2 aromatic carbocycles. The molecule has 5 rings (SSSR count). The maximum Gasteiger partial charge on any atom is 0.322 e. The first-order valence-corrected chi connectivity index (χ1v) is 9.31. The molecule has 4 aromatic rings. The normalized spacial score (nSPS) is 16.8. The molecule has 0 unspecified atom stereocenters. The number of para-hydroxylation sites is 1. The molecule has 28 heavy (non-hydrogen) atoms. The van der Waals surface area contributed by atoms with Crippen LogP contribution in [0, 0.1) is 0 Å². The second-order valence-electron chi connectivity index (χ2n) is 6.94. The summed E-state index contributed by atoms with van der Waals surface area (Å²) >= 11 is 0. The molecule has 2 N–H and O–H groups in total. The number of benzene rings is 2. The molecule has 0 saturated carbocycles. The summed E-state index contributed by atoms with van der Waals surface area (Å²) in [5, 5.41) is 12.0. The van der Waals surface area contributed by atoms with Gasteiger partial charge in [-0.2, -0.15) is 5.10 Å². The molecule has 1 atom stereocenters. The van der Waals surface area contributed by atoms with E-state index in [1.807, 2.05) is 47.4 Å². The fraction of sp³-hybridized carbons (Fsp3) is 0.238. The Morgan fingerprint density at radius 3 is 2.96 bits per heavy atom. The Morgan fingerprint density at radius 2 is 2.14 bits per heavy atom. The molecule has 0 aliphatic carbocycles. The highest BCUT2D eigenvalue weighted by atomic mass is 16.5. The monoisotopic (exact) mass is 376 g/mol. The summed E-state index contributed by atoms with van der Waals surface area (Å²) in [4.78, 5) is 14.8. The van der Waals surface area contributed by atoms with Crippen LogP contribution in [-0.2, 0) is 0 Å². The van der Waals surface area contributed by atoms with Crippen LogP contribution >= 0.6 is 0 Å². The minimum atomic E-state index is -0.161. The zero-order chi connectivity index (χ0) is 19.1. The van der Waals surface area contributed by atoms with Crippen LogP contribution in [0.4, 0.5) is 10.5 Å². The number of likely N-dealkylation sites (tertiary alicyclic amines) is 1. The topological polar surface area (TPSA) is 83.4 Å². The number of carbonyl (C=O) groups excluding carboxylic acids is 1. The van der Waals surface area contributed by atoms with Crippen LogP contribution in [0.15, 0.2) is 53.1 Å². The van der Waals surface area contributed by atoms with Crippen LogP contribution in [0.1, 0.15) is 24.6 Å². The van der Waals surface area contributed by atoms with Crippen LogP contribution in [0.2, 0.25) is 0 Å². The van der Waals surface area contributed by atoms with Gasteiger partial charge in [0.1, 0.15) is 16.9 Å². The molecule has 7 heteroatoms. The number of anilines is 1. The van der Waals surface area contributed by atoms with Gasteiger partial charge in [0.05, 0.1) is 24.5 Å². The van der Waals surface area contributed by atoms with E-state index < -0.39 is 0 Å². The minimum Gasteiger partial charge on any atom is -0.495 e. The van der Waals surface area contributed by atoms with Crippen molar-refractivity contribution in [2.45, 2.75) is 18.9 Å². The lowest BCUT2D eigenvalue weighted by Crippen LogP contribution is -2.34. The number of H-pyrrole nitrogens is 1. The van der Waals surface area contributed by atoms with E-state index in [1.165, 1.54) is 0 Å². The number of amides is 2. The average Bonchev–Trinajstić information content (AvgIpc) is 3.45. The van der Waals surface area contributed by atoms with Gasteiger partial charge in [0, 0.05) is 29.6 Å². The predicted octanol–water partition coefficient (Wildman–Crippen LogP) is 4.69. The summed E-state index contributed by atoms with van der Waals surface area (Å²) in [6, 6.07) is 13.3. The SMILES string of the molecule is COc1cc2c(cc1NC(=O)N1CCC[C@H]1c1ccn[nH]1)oc1ccccc12. The second-order valence-corrected chi connectivity index (χ2v) is 6.94. The fourth-order valence-corrected chi connectivity index (χ4v) is 3.99. The van der Waals surface area contributed by atoms with Gasteiger partial charge in [-0.1, -0.05) is 18.2 Å². The molecule has 7 nitrogen and oxygen atoms in total. The molecular formula is C21H20N4O3. The van der Waals surface area contributed by atoms with E-state index in [2.05, 4.69) is 15.5 Å². The molecule has 1 saturated heterocycles. The lowest BCUT2D eigenvalue weighted by Gasteiger charge is -2.24. The summed E-state index contributed by atoms with van der Waals surface area (Å²) in [7, 11) is 1.60. The summed E-state index contributed by atoms with van der Waals surface area (Å²) in [6.45, 7) is 0.699. The van der Waals surface area contributed by atoms with E-state index in [9.17, 15) is 4.79 Å². The van der Waals surface area contributed by atoms with Crippen LogP contribution < -0.4 is 10.1 Å². The standard InChI is InChI=1S/C21H20N4O3/c1-27-20-11-14-13-5-2-3-7-18(13)28-19(14)12-16(20)23-21(26)25-10-4-6-17(25)15-8-9-22-24-15/h2-3,5,7-9,11-12,17H,4,6,10H2,1H3,(H,22,24)(H,23,26)/t17-/m0/s1. The molecule has 0 spiro atoms. The summed E-state index contributed by atoms with van der Waals surface area (Å²) in [6.07, 6.45) is 3.58.